The monoisotopic (exact) mass is 272 g/mol. The Kier molecular flexibility index (Phi) is 4.05. The summed E-state index contributed by atoms with van der Waals surface area (Å²) in [4.78, 5) is 2.53. The average Bonchev–Trinajstić information content (AvgIpc) is 2.85. The van der Waals surface area contributed by atoms with E-state index in [1.807, 2.05) is 0 Å². The van der Waals surface area contributed by atoms with Gasteiger partial charge in [-0.2, -0.15) is 0 Å². The smallest absolute Gasteiger partial charge is 0.0486 e. The van der Waals surface area contributed by atoms with Crippen LogP contribution in [0.3, 0.4) is 0 Å². The summed E-state index contributed by atoms with van der Waals surface area (Å²) >= 11 is 0. The zero-order valence-corrected chi connectivity index (χ0v) is 12.2. The average molecular weight is 272 g/mol. The van der Waals surface area contributed by atoms with Crippen LogP contribution in [-0.2, 0) is 19.6 Å². The predicted molar refractivity (Wildman–Crippen MR) is 83.7 cm³/mol. The van der Waals surface area contributed by atoms with Crippen LogP contribution in [0.1, 0.15) is 18.2 Å². The van der Waals surface area contributed by atoms with E-state index in [4.69, 9.17) is 5.73 Å². The lowest BCUT2D eigenvalue weighted by Crippen LogP contribution is -2.43. The zero-order valence-electron chi connectivity index (χ0n) is 12.2. The van der Waals surface area contributed by atoms with Crippen LogP contribution in [0.5, 0.6) is 0 Å². The molecule has 108 valence electrons. The summed E-state index contributed by atoms with van der Waals surface area (Å²) in [6, 6.07) is 8.80. The number of nitrogens with zero attached hydrogens (tertiary/aromatic N) is 2. The minimum atomic E-state index is 0.609. The molecule has 4 heteroatoms. The molecule has 20 heavy (non-hydrogen) atoms. The van der Waals surface area contributed by atoms with Gasteiger partial charge >= 0.3 is 0 Å². The van der Waals surface area contributed by atoms with Crippen LogP contribution < -0.4 is 11.1 Å². The van der Waals surface area contributed by atoms with Crippen molar-refractivity contribution in [2.45, 2.75) is 26.6 Å². The van der Waals surface area contributed by atoms with Crippen LogP contribution in [0, 0.1) is 0 Å². The summed E-state index contributed by atoms with van der Waals surface area (Å²) in [5, 5.41) is 4.73. The molecule has 1 aromatic heterocycles. The van der Waals surface area contributed by atoms with Gasteiger partial charge in [0.15, 0.2) is 0 Å². The molecule has 1 aliphatic heterocycles. The van der Waals surface area contributed by atoms with Crippen molar-refractivity contribution in [2.24, 2.45) is 5.73 Å². The topological polar surface area (TPSA) is 46.2 Å². The minimum absolute atomic E-state index is 0.609. The molecule has 0 saturated carbocycles. The number of nitrogens with one attached hydrogen (secondary N) is 1. The molecule has 0 unspecified atom stereocenters. The van der Waals surface area contributed by atoms with Gasteiger partial charge in [-0.1, -0.05) is 12.1 Å². The fraction of sp³-hybridized carbons (Fsp3) is 0.500. The van der Waals surface area contributed by atoms with E-state index < -0.39 is 0 Å². The van der Waals surface area contributed by atoms with Crippen molar-refractivity contribution in [3.05, 3.63) is 35.5 Å². The Morgan fingerprint density at radius 3 is 2.75 bits per heavy atom. The van der Waals surface area contributed by atoms with Gasteiger partial charge in [-0.25, -0.2) is 0 Å². The van der Waals surface area contributed by atoms with Crippen LogP contribution in [0.4, 0.5) is 0 Å². The highest BCUT2D eigenvalue weighted by Crippen LogP contribution is 2.24. The molecule has 1 saturated heterocycles. The van der Waals surface area contributed by atoms with Crippen molar-refractivity contribution in [3.8, 4) is 0 Å². The van der Waals surface area contributed by atoms with Crippen molar-refractivity contribution in [1.82, 2.24) is 14.8 Å². The summed E-state index contributed by atoms with van der Waals surface area (Å²) in [6.45, 7) is 9.34. The fourth-order valence-electron chi connectivity index (χ4n) is 3.18. The van der Waals surface area contributed by atoms with Gasteiger partial charge in [-0.15, -0.1) is 0 Å². The summed E-state index contributed by atoms with van der Waals surface area (Å²) in [6.07, 6.45) is 0. The third kappa shape index (κ3) is 2.46. The van der Waals surface area contributed by atoms with Gasteiger partial charge in [0, 0.05) is 62.4 Å². The Hall–Kier alpha value is -1.36. The van der Waals surface area contributed by atoms with Gasteiger partial charge in [0.2, 0.25) is 0 Å². The van der Waals surface area contributed by atoms with E-state index in [-0.39, 0.29) is 0 Å². The Bertz CT molecular complexity index is 581. The second-order valence-corrected chi connectivity index (χ2v) is 5.46. The van der Waals surface area contributed by atoms with Crippen molar-refractivity contribution >= 4 is 10.9 Å². The lowest BCUT2D eigenvalue weighted by Gasteiger charge is -2.27. The van der Waals surface area contributed by atoms with E-state index >= 15 is 0 Å². The molecule has 1 aliphatic rings. The zero-order chi connectivity index (χ0) is 13.9. The lowest BCUT2D eigenvalue weighted by atomic mass is 10.1. The van der Waals surface area contributed by atoms with Crippen LogP contribution in [0.25, 0.3) is 10.9 Å². The third-order valence-corrected chi connectivity index (χ3v) is 4.25. The minimum Gasteiger partial charge on any atom is -0.344 e. The van der Waals surface area contributed by atoms with Gasteiger partial charge in [-0.3, -0.25) is 4.90 Å². The Balaban J connectivity index is 1.97. The maximum absolute atomic E-state index is 5.87. The van der Waals surface area contributed by atoms with E-state index in [0.717, 1.165) is 39.3 Å². The second kappa shape index (κ2) is 5.95. The van der Waals surface area contributed by atoms with Crippen LogP contribution >= 0.6 is 0 Å². The quantitative estimate of drug-likeness (QED) is 0.887. The molecule has 3 N–H and O–H groups in total. The molecule has 0 spiro atoms. The number of aromatic nitrogens is 1. The molecule has 0 atom stereocenters. The Morgan fingerprint density at radius 1 is 1.25 bits per heavy atom. The van der Waals surface area contributed by atoms with Gasteiger partial charge in [0.25, 0.3) is 0 Å². The predicted octanol–water partition coefficient (Wildman–Crippen LogP) is 1.53. The number of fused-ring (bicyclic) bond motifs is 1. The number of nitrogens with two attached hydrogens (primary N) is 1. The van der Waals surface area contributed by atoms with Crippen LogP contribution in [0.2, 0.25) is 0 Å². The van der Waals surface area contributed by atoms with E-state index in [2.05, 4.69) is 46.0 Å². The molecule has 0 amide bonds. The molecule has 2 aromatic rings. The molecule has 1 fully saturated rings. The Labute approximate surface area is 120 Å². The highest BCUT2D eigenvalue weighted by molar-refractivity contribution is 5.84. The first kappa shape index (κ1) is 13.6. The maximum Gasteiger partial charge on any atom is 0.0486 e. The van der Waals surface area contributed by atoms with E-state index in [1.54, 1.807) is 0 Å². The SMILES string of the molecule is CCn1c(CN2CCNCC2)cc2c(CN)cccc21. The highest BCUT2D eigenvalue weighted by Gasteiger charge is 2.15. The molecule has 0 bridgehead atoms. The van der Waals surface area contributed by atoms with Crippen molar-refractivity contribution in [1.29, 1.82) is 0 Å². The van der Waals surface area contributed by atoms with Crippen molar-refractivity contribution in [2.75, 3.05) is 26.2 Å². The summed E-state index contributed by atoms with van der Waals surface area (Å²) in [5.74, 6) is 0. The molecule has 3 rings (SSSR count). The summed E-state index contributed by atoms with van der Waals surface area (Å²) < 4.78 is 2.43. The standard InChI is InChI=1S/C16H24N4/c1-2-20-14(12-19-8-6-18-7-9-19)10-15-13(11-17)4-3-5-16(15)20/h3-5,10,18H,2,6-9,11-12,17H2,1H3. The van der Waals surface area contributed by atoms with Crippen molar-refractivity contribution < 1.29 is 0 Å². The number of aryl methyl sites for hydroxylation is 1. The summed E-state index contributed by atoms with van der Waals surface area (Å²) in [5.41, 5.74) is 9.85. The third-order valence-electron chi connectivity index (χ3n) is 4.25. The highest BCUT2D eigenvalue weighted by atomic mass is 15.2. The van der Waals surface area contributed by atoms with Gasteiger partial charge in [0.05, 0.1) is 0 Å². The van der Waals surface area contributed by atoms with Gasteiger partial charge in [-0.05, 0) is 24.6 Å². The maximum atomic E-state index is 5.87. The number of benzene rings is 1. The molecule has 4 nitrogen and oxygen atoms in total. The lowest BCUT2D eigenvalue weighted by molar-refractivity contribution is 0.228. The van der Waals surface area contributed by atoms with E-state index in [9.17, 15) is 0 Å². The van der Waals surface area contributed by atoms with Gasteiger partial charge in [0.1, 0.15) is 0 Å². The fourth-order valence-corrected chi connectivity index (χ4v) is 3.18. The molecule has 2 heterocycles. The van der Waals surface area contributed by atoms with Gasteiger partial charge < -0.3 is 15.6 Å². The number of hydrogen-bond donors (Lipinski definition) is 2. The molecular formula is C16H24N4. The first-order chi connectivity index (χ1) is 9.83. The number of hydrogen-bond acceptors (Lipinski definition) is 3. The molecule has 1 aromatic carbocycles. The molecule has 0 radical (unpaired) electrons. The first-order valence-corrected chi connectivity index (χ1v) is 7.56. The second-order valence-electron chi connectivity index (χ2n) is 5.46. The summed E-state index contributed by atoms with van der Waals surface area (Å²) in [7, 11) is 0. The van der Waals surface area contributed by atoms with Crippen LogP contribution in [-0.4, -0.2) is 35.6 Å². The molecule has 0 aliphatic carbocycles. The molecular weight excluding hydrogens is 248 g/mol. The number of piperazine rings is 1. The Morgan fingerprint density at radius 2 is 2.05 bits per heavy atom. The van der Waals surface area contributed by atoms with Crippen LogP contribution in [0.15, 0.2) is 24.3 Å². The largest absolute Gasteiger partial charge is 0.344 e. The first-order valence-electron chi connectivity index (χ1n) is 7.56. The normalized spacial score (nSPS) is 16.9. The van der Waals surface area contributed by atoms with Crippen molar-refractivity contribution in [3.63, 3.8) is 0 Å². The number of rotatable bonds is 4. The van der Waals surface area contributed by atoms with E-state index in [0.29, 0.717) is 6.54 Å². The van der Waals surface area contributed by atoms with E-state index in [1.165, 1.54) is 22.2 Å².